The highest BCUT2D eigenvalue weighted by Gasteiger charge is 2.27. The fourth-order valence-corrected chi connectivity index (χ4v) is 4.95. The molecule has 1 atom stereocenters. The molecule has 0 aliphatic carbocycles. The summed E-state index contributed by atoms with van der Waals surface area (Å²) in [5.41, 5.74) is 6.84. The second-order valence-electron chi connectivity index (χ2n) is 9.43. The van der Waals surface area contributed by atoms with Gasteiger partial charge in [-0.25, -0.2) is 14.8 Å². The van der Waals surface area contributed by atoms with Gasteiger partial charge in [-0.3, -0.25) is 23.3 Å². The number of hydrogen-bond donors (Lipinski definition) is 1. The molecule has 0 bridgehead atoms. The minimum absolute atomic E-state index is 0.0180. The van der Waals surface area contributed by atoms with Crippen LogP contribution in [0.25, 0.3) is 22.1 Å². The van der Waals surface area contributed by atoms with Crippen LogP contribution in [0.15, 0.2) is 40.3 Å². The Morgan fingerprint density at radius 3 is 2.85 bits per heavy atom. The van der Waals surface area contributed by atoms with Crippen LogP contribution in [-0.4, -0.2) is 60.4 Å². The number of esters is 1. The monoisotopic (exact) mass is 530 g/mol. The van der Waals surface area contributed by atoms with Gasteiger partial charge < -0.3 is 15.4 Å². The van der Waals surface area contributed by atoms with Crippen LogP contribution >= 0.6 is 0 Å². The number of ether oxygens (including phenoxy) is 1. The molecule has 0 spiro atoms. The third-order valence-electron chi connectivity index (χ3n) is 6.75. The predicted molar refractivity (Wildman–Crippen MR) is 146 cm³/mol. The van der Waals surface area contributed by atoms with Gasteiger partial charge in [0.2, 0.25) is 5.95 Å². The highest BCUT2D eigenvalue weighted by atomic mass is 16.5. The third kappa shape index (κ3) is 5.13. The van der Waals surface area contributed by atoms with Crippen LogP contribution in [0.1, 0.15) is 32.3 Å². The van der Waals surface area contributed by atoms with Crippen LogP contribution in [0.5, 0.6) is 0 Å². The van der Waals surface area contributed by atoms with Gasteiger partial charge in [-0.2, -0.15) is 4.98 Å². The molecule has 1 unspecified atom stereocenters. The van der Waals surface area contributed by atoms with Crippen LogP contribution < -0.4 is 21.9 Å². The Kier molecular flexibility index (Phi) is 7.42. The molecule has 0 amide bonds. The SMILES string of the molecule is CC#CCn1c(N2CCCC(N)C2)nc2c1c(=O)n(Cc1ccc3ncncc3c1)c(=O)n2CC(=O)OCC. The van der Waals surface area contributed by atoms with Crippen molar-refractivity contribution in [2.45, 2.75) is 52.4 Å². The molecule has 0 radical (unpaired) electrons. The van der Waals surface area contributed by atoms with Crippen molar-refractivity contribution in [3.8, 4) is 11.8 Å². The molecule has 3 aromatic heterocycles. The first-order chi connectivity index (χ1) is 18.9. The van der Waals surface area contributed by atoms with Crippen LogP contribution in [0.4, 0.5) is 5.95 Å². The van der Waals surface area contributed by atoms with Crippen LogP contribution in [0, 0.1) is 11.8 Å². The average Bonchev–Trinajstić information content (AvgIpc) is 3.32. The van der Waals surface area contributed by atoms with Crippen molar-refractivity contribution in [2.75, 3.05) is 24.6 Å². The molecule has 5 rings (SSSR count). The minimum atomic E-state index is -0.655. The lowest BCUT2D eigenvalue weighted by Gasteiger charge is -2.31. The first-order valence-electron chi connectivity index (χ1n) is 12.9. The van der Waals surface area contributed by atoms with E-state index < -0.39 is 17.2 Å². The van der Waals surface area contributed by atoms with Crippen LogP contribution in [0.3, 0.4) is 0 Å². The van der Waals surface area contributed by atoms with Crippen molar-refractivity contribution in [2.24, 2.45) is 5.73 Å². The molecule has 39 heavy (non-hydrogen) atoms. The lowest BCUT2D eigenvalue weighted by atomic mass is 10.1. The smallest absolute Gasteiger partial charge is 0.333 e. The third-order valence-corrected chi connectivity index (χ3v) is 6.75. The molecule has 1 aliphatic rings. The molecule has 12 heteroatoms. The maximum atomic E-state index is 14.0. The molecular formula is C27H30N8O4. The van der Waals surface area contributed by atoms with Gasteiger partial charge in [0.15, 0.2) is 11.2 Å². The van der Waals surface area contributed by atoms with Gasteiger partial charge in [0.25, 0.3) is 5.56 Å². The summed E-state index contributed by atoms with van der Waals surface area (Å²) in [5.74, 6) is 5.79. The second kappa shape index (κ2) is 11.1. The van der Waals surface area contributed by atoms with Gasteiger partial charge in [-0.1, -0.05) is 12.0 Å². The van der Waals surface area contributed by atoms with Gasteiger partial charge in [0.1, 0.15) is 12.9 Å². The standard InChI is InChI=1S/C27H30N8O4/c1-3-5-11-33-23-24(31-26(33)32-10-6-7-20(28)15-32)34(16-22(36)39-4-2)27(38)35(25(23)37)14-18-8-9-21-19(12-18)13-29-17-30-21/h8-9,12-13,17,20H,4,6-7,10-11,14-16,28H2,1-2H3. The molecule has 1 aliphatic heterocycles. The summed E-state index contributed by atoms with van der Waals surface area (Å²) in [6, 6.07) is 5.41. The highest BCUT2D eigenvalue weighted by molar-refractivity contribution is 5.79. The van der Waals surface area contributed by atoms with E-state index in [-0.39, 0.29) is 43.4 Å². The van der Waals surface area contributed by atoms with E-state index in [1.165, 1.54) is 10.9 Å². The molecule has 2 N–H and O–H groups in total. The summed E-state index contributed by atoms with van der Waals surface area (Å²) in [4.78, 5) is 55.3. The number of fused-ring (bicyclic) bond motifs is 2. The lowest BCUT2D eigenvalue weighted by molar-refractivity contribution is -0.143. The molecule has 1 fully saturated rings. The van der Waals surface area contributed by atoms with Crippen LogP contribution in [-0.2, 0) is 29.2 Å². The Labute approximate surface area is 224 Å². The van der Waals surface area contributed by atoms with E-state index in [4.69, 9.17) is 15.5 Å². The molecule has 4 heterocycles. The topological polar surface area (TPSA) is 143 Å². The molecular weight excluding hydrogens is 500 g/mol. The van der Waals surface area contributed by atoms with Gasteiger partial charge in [-0.15, -0.1) is 5.92 Å². The number of aromatic nitrogens is 6. The Hall–Kier alpha value is -4.50. The Morgan fingerprint density at radius 1 is 1.23 bits per heavy atom. The fraction of sp³-hybridized carbons (Fsp3) is 0.407. The predicted octanol–water partition coefficient (Wildman–Crippen LogP) is 0.865. The van der Waals surface area contributed by atoms with E-state index in [2.05, 4.69) is 21.8 Å². The largest absolute Gasteiger partial charge is 0.465 e. The fourth-order valence-electron chi connectivity index (χ4n) is 4.95. The Bertz CT molecular complexity index is 1730. The van der Waals surface area contributed by atoms with Crippen molar-refractivity contribution in [3.63, 3.8) is 0 Å². The molecule has 1 aromatic carbocycles. The summed E-state index contributed by atoms with van der Waals surface area (Å²) in [6.07, 6.45) is 4.89. The number of nitrogens with two attached hydrogens (primary N) is 1. The number of carbonyl (C=O) groups is 1. The van der Waals surface area contributed by atoms with Crippen molar-refractivity contribution >= 4 is 34.0 Å². The van der Waals surface area contributed by atoms with E-state index in [0.717, 1.165) is 28.3 Å². The van der Waals surface area contributed by atoms with Gasteiger partial charge in [0, 0.05) is 30.7 Å². The van der Waals surface area contributed by atoms with E-state index in [1.54, 1.807) is 24.6 Å². The number of rotatable bonds is 7. The number of hydrogen-bond acceptors (Lipinski definition) is 9. The van der Waals surface area contributed by atoms with Crippen molar-refractivity contribution < 1.29 is 9.53 Å². The first kappa shape index (κ1) is 26.1. The zero-order chi connectivity index (χ0) is 27.5. The van der Waals surface area contributed by atoms with Crippen molar-refractivity contribution in [3.05, 3.63) is 57.1 Å². The van der Waals surface area contributed by atoms with Gasteiger partial charge >= 0.3 is 11.7 Å². The zero-order valence-corrected chi connectivity index (χ0v) is 22.0. The van der Waals surface area contributed by atoms with Crippen molar-refractivity contribution in [1.82, 2.24) is 28.7 Å². The molecule has 202 valence electrons. The van der Waals surface area contributed by atoms with Crippen LogP contribution in [0.2, 0.25) is 0 Å². The maximum absolute atomic E-state index is 14.0. The highest BCUT2D eigenvalue weighted by Crippen LogP contribution is 2.23. The molecule has 1 saturated heterocycles. The molecule has 0 saturated carbocycles. The lowest BCUT2D eigenvalue weighted by Crippen LogP contribution is -2.44. The summed E-state index contributed by atoms with van der Waals surface area (Å²) >= 11 is 0. The van der Waals surface area contributed by atoms with E-state index >= 15 is 0 Å². The quantitative estimate of drug-likeness (QED) is 0.272. The van der Waals surface area contributed by atoms with Gasteiger partial charge in [-0.05, 0) is 44.4 Å². The first-order valence-corrected chi connectivity index (χ1v) is 12.9. The second-order valence-corrected chi connectivity index (χ2v) is 9.43. The maximum Gasteiger partial charge on any atom is 0.333 e. The molecule has 12 nitrogen and oxygen atoms in total. The number of carbonyl (C=O) groups excluding carboxylic acids is 1. The van der Waals surface area contributed by atoms with E-state index in [9.17, 15) is 14.4 Å². The normalized spacial score (nSPS) is 15.4. The summed E-state index contributed by atoms with van der Waals surface area (Å²) in [6.45, 7) is 4.61. The van der Waals surface area contributed by atoms with E-state index in [1.807, 2.05) is 23.1 Å². The number of nitrogens with zero attached hydrogens (tertiary/aromatic N) is 7. The number of benzene rings is 1. The summed E-state index contributed by atoms with van der Waals surface area (Å²) in [7, 11) is 0. The number of piperidine rings is 1. The average molecular weight is 531 g/mol. The number of anilines is 1. The van der Waals surface area contributed by atoms with Gasteiger partial charge in [0.05, 0.1) is 25.2 Å². The Balaban J connectivity index is 1.73. The molecule has 4 aromatic rings. The minimum Gasteiger partial charge on any atom is -0.465 e. The van der Waals surface area contributed by atoms with Crippen molar-refractivity contribution in [1.29, 1.82) is 0 Å². The zero-order valence-electron chi connectivity index (χ0n) is 22.0. The summed E-state index contributed by atoms with van der Waals surface area (Å²) < 4.78 is 9.19. The number of imidazole rings is 1. The van der Waals surface area contributed by atoms with E-state index in [0.29, 0.717) is 24.6 Å². The Morgan fingerprint density at radius 2 is 2.08 bits per heavy atom. The summed E-state index contributed by atoms with van der Waals surface area (Å²) in [5, 5.41) is 0.781.